The van der Waals surface area contributed by atoms with Crippen molar-refractivity contribution in [3.8, 4) is 0 Å². The molecule has 0 atom stereocenters. The molecule has 18 heavy (non-hydrogen) atoms. The Morgan fingerprint density at radius 1 is 1.50 bits per heavy atom. The molecule has 2 rings (SSSR count). The van der Waals surface area contributed by atoms with Crippen LogP contribution in [0.15, 0.2) is 22.9 Å². The molecule has 0 aliphatic rings. The van der Waals surface area contributed by atoms with Crippen molar-refractivity contribution in [1.82, 2.24) is 15.2 Å². The van der Waals surface area contributed by atoms with Gasteiger partial charge in [-0.2, -0.15) is 0 Å². The molecule has 0 unspecified atom stereocenters. The van der Waals surface area contributed by atoms with E-state index in [0.717, 1.165) is 15.6 Å². The second-order valence-corrected chi connectivity index (χ2v) is 6.05. The van der Waals surface area contributed by atoms with Gasteiger partial charge in [0.1, 0.15) is 0 Å². The van der Waals surface area contributed by atoms with E-state index < -0.39 is 0 Å². The van der Waals surface area contributed by atoms with Crippen molar-refractivity contribution in [2.24, 2.45) is 0 Å². The smallest absolute Gasteiger partial charge is 0.317 e. The monoisotopic (exact) mass is 281 g/mol. The summed E-state index contributed by atoms with van der Waals surface area (Å²) in [5.74, 6) is 0. The van der Waals surface area contributed by atoms with Crippen LogP contribution < -0.4 is 5.32 Å². The Morgan fingerprint density at radius 3 is 2.94 bits per heavy atom. The van der Waals surface area contributed by atoms with Gasteiger partial charge in [-0.25, -0.2) is 9.78 Å². The number of hydrogen-bond acceptors (Lipinski definition) is 4. The summed E-state index contributed by atoms with van der Waals surface area (Å²) in [4.78, 5) is 19.0. The molecule has 4 nitrogen and oxygen atoms in total. The van der Waals surface area contributed by atoms with Crippen molar-refractivity contribution in [1.29, 1.82) is 0 Å². The zero-order valence-electron chi connectivity index (χ0n) is 10.3. The summed E-state index contributed by atoms with van der Waals surface area (Å²) in [6.45, 7) is 3.09. The summed E-state index contributed by atoms with van der Waals surface area (Å²) in [5, 5.41) is 7.90. The molecule has 0 aliphatic carbocycles. The van der Waals surface area contributed by atoms with E-state index in [0.29, 0.717) is 13.1 Å². The van der Waals surface area contributed by atoms with Gasteiger partial charge in [-0.05, 0) is 18.4 Å². The number of amides is 2. The standard InChI is InChI=1S/C12H15N3OS2/c1-9-14-10(8-18-9)7-15(2)12(16)13-6-11-4-3-5-17-11/h3-5,8H,6-7H2,1-2H3,(H,13,16). The van der Waals surface area contributed by atoms with E-state index in [1.165, 1.54) is 0 Å². The number of thiophene rings is 1. The van der Waals surface area contributed by atoms with Gasteiger partial charge in [0, 0.05) is 17.3 Å². The molecule has 0 saturated heterocycles. The fourth-order valence-electron chi connectivity index (χ4n) is 1.51. The highest BCUT2D eigenvalue weighted by molar-refractivity contribution is 7.10. The Bertz CT molecular complexity index is 507. The van der Waals surface area contributed by atoms with Crippen LogP contribution in [-0.4, -0.2) is 23.0 Å². The van der Waals surface area contributed by atoms with Crippen LogP contribution in [0.4, 0.5) is 4.79 Å². The maximum absolute atomic E-state index is 11.8. The fraction of sp³-hybridized carbons (Fsp3) is 0.333. The first-order valence-corrected chi connectivity index (χ1v) is 7.33. The Balaban J connectivity index is 1.81. The molecule has 0 bridgehead atoms. The lowest BCUT2D eigenvalue weighted by molar-refractivity contribution is 0.206. The van der Waals surface area contributed by atoms with Crippen LogP contribution in [0.2, 0.25) is 0 Å². The third-order valence-corrected chi connectivity index (χ3v) is 4.11. The SMILES string of the molecule is Cc1nc(CN(C)C(=O)NCc2cccs2)cs1. The highest BCUT2D eigenvalue weighted by Crippen LogP contribution is 2.10. The molecule has 0 spiro atoms. The van der Waals surface area contributed by atoms with Crippen LogP contribution in [0.25, 0.3) is 0 Å². The van der Waals surface area contributed by atoms with Crippen molar-refractivity contribution in [3.05, 3.63) is 38.5 Å². The first-order chi connectivity index (χ1) is 8.65. The van der Waals surface area contributed by atoms with Crippen molar-refractivity contribution in [3.63, 3.8) is 0 Å². The molecule has 2 aromatic rings. The molecular formula is C12H15N3OS2. The van der Waals surface area contributed by atoms with Gasteiger partial charge in [-0.1, -0.05) is 6.07 Å². The second kappa shape index (κ2) is 5.97. The predicted molar refractivity (Wildman–Crippen MR) is 74.9 cm³/mol. The summed E-state index contributed by atoms with van der Waals surface area (Å²) in [6, 6.07) is 3.91. The van der Waals surface area contributed by atoms with Crippen LogP contribution >= 0.6 is 22.7 Å². The number of aryl methyl sites for hydroxylation is 1. The number of carbonyl (C=O) groups is 1. The van der Waals surface area contributed by atoms with Crippen molar-refractivity contribution >= 4 is 28.7 Å². The average molecular weight is 281 g/mol. The number of urea groups is 1. The number of thiazole rings is 1. The van der Waals surface area contributed by atoms with E-state index >= 15 is 0 Å². The number of nitrogens with one attached hydrogen (secondary N) is 1. The van der Waals surface area contributed by atoms with Crippen LogP contribution in [0, 0.1) is 6.92 Å². The Hall–Kier alpha value is -1.40. The summed E-state index contributed by atoms with van der Waals surface area (Å²) >= 11 is 3.24. The highest BCUT2D eigenvalue weighted by atomic mass is 32.1. The molecule has 2 amide bonds. The first-order valence-electron chi connectivity index (χ1n) is 5.57. The van der Waals surface area contributed by atoms with Gasteiger partial charge in [0.05, 0.1) is 23.8 Å². The Morgan fingerprint density at radius 2 is 2.33 bits per heavy atom. The largest absolute Gasteiger partial charge is 0.333 e. The molecule has 6 heteroatoms. The minimum absolute atomic E-state index is 0.0750. The molecule has 0 saturated carbocycles. The van der Waals surface area contributed by atoms with Crippen molar-refractivity contribution in [2.45, 2.75) is 20.0 Å². The zero-order valence-corrected chi connectivity index (χ0v) is 12.0. The molecule has 0 radical (unpaired) electrons. The van der Waals surface area contributed by atoms with E-state index in [-0.39, 0.29) is 6.03 Å². The number of carbonyl (C=O) groups excluding carboxylic acids is 1. The molecule has 0 fully saturated rings. The van der Waals surface area contributed by atoms with E-state index in [9.17, 15) is 4.79 Å². The molecule has 2 heterocycles. The van der Waals surface area contributed by atoms with Gasteiger partial charge in [-0.15, -0.1) is 22.7 Å². The van der Waals surface area contributed by atoms with Crippen LogP contribution in [0.3, 0.4) is 0 Å². The van der Waals surface area contributed by atoms with E-state index in [2.05, 4.69) is 10.3 Å². The maximum atomic E-state index is 11.8. The number of rotatable bonds is 4. The summed E-state index contributed by atoms with van der Waals surface area (Å²) in [7, 11) is 1.78. The lowest BCUT2D eigenvalue weighted by atomic mass is 10.4. The van der Waals surface area contributed by atoms with Gasteiger partial charge in [0.25, 0.3) is 0 Å². The quantitative estimate of drug-likeness (QED) is 0.936. The fourth-order valence-corrected chi connectivity index (χ4v) is 2.75. The van der Waals surface area contributed by atoms with Gasteiger partial charge in [0.15, 0.2) is 0 Å². The number of nitrogens with zero attached hydrogens (tertiary/aromatic N) is 2. The minimum Gasteiger partial charge on any atom is -0.333 e. The van der Waals surface area contributed by atoms with E-state index in [1.807, 2.05) is 29.8 Å². The minimum atomic E-state index is -0.0750. The van der Waals surface area contributed by atoms with Gasteiger partial charge in [0.2, 0.25) is 0 Å². The van der Waals surface area contributed by atoms with E-state index in [1.54, 1.807) is 34.6 Å². The normalized spacial score (nSPS) is 10.3. The third-order valence-electron chi connectivity index (χ3n) is 2.41. The Kier molecular flexibility index (Phi) is 4.33. The Labute approximate surface area is 114 Å². The van der Waals surface area contributed by atoms with Gasteiger partial charge >= 0.3 is 6.03 Å². The maximum Gasteiger partial charge on any atom is 0.317 e. The first kappa shape index (κ1) is 13.0. The third kappa shape index (κ3) is 3.54. The summed E-state index contributed by atoms with van der Waals surface area (Å²) < 4.78 is 0. The molecule has 0 aromatic carbocycles. The zero-order chi connectivity index (χ0) is 13.0. The van der Waals surface area contributed by atoms with Crippen LogP contribution in [-0.2, 0) is 13.1 Å². The summed E-state index contributed by atoms with van der Waals surface area (Å²) in [6.07, 6.45) is 0. The number of aromatic nitrogens is 1. The average Bonchev–Trinajstić information content (AvgIpc) is 2.97. The topological polar surface area (TPSA) is 45.2 Å². The van der Waals surface area contributed by atoms with Crippen LogP contribution in [0.5, 0.6) is 0 Å². The molecule has 0 aliphatic heterocycles. The van der Waals surface area contributed by atoms with Gasteiger partial charge in [-0.3, -0.25) is 0 Å². The van der Waals surface area contributed by atoms with E-state index in [4.69, 9.17) is 0 Å². The van der Waals surface area contributed by atoms with Gasteiger partial charge < -0.3 is 10.2 Å². The molecular weight excluding hydrogens is 266 g/mol. The van der Waals surface area contributed by atoms with Crippen molar-refractivity contribution in [2.75, 3.05) is 7.05 Å². The lowest BCUT2D eigenvalue weighted by Crippen LogP contribution is -2.36. The molecule has 2 aromatic heterocycles. The predicted octanol–water partition coefficient (Wildman–Crippen LogP) is 2.85. The molecule has 96 valence electrons. The highest BCUT2D eigenvalue weighted by Gasteiger charge is 2.10. The van der Waals surface area contributed by atoms with Crippen LogP contribution in [0.1, 0.15) is 15.6 Å². The van der Waals surface area contributed by atoms with Crippen molar-refractivity contribution < 1.29 is 4.79 Å². The second-order valence-electron chi connectivity index (χ2n) is 3.95. The summed E-state index contributed by atoms with van der Waals surface area (Å²) in [5.41, 5.74) is 0.936. The lowest BCUT2D eigenvalue weighted by Gasteiger charge is -2.16. The molecule has 1 N–H and O–H groups in total. The number of hydrogen-bond donors (Lipinski definition) is 1.